The van der Waals surface area contributed by atoms with Crippen LogP contribution in [-0.4, -0.2) is 36.6 Å². The molecule has 6 rings (SSSR count). The van der Waals surface area contributed by atoms with Gasteiger partial charge < -0.3 is 14.2 Å². The number of hydrogen-bond acceptors (Lipinski definition) is 3. The van der Waals surface area contributed by atoms with Gasteiger partial charge in [-0.2, -0.15) is 0 Å². The molecule has 0 amide bonds. The minimum Gasteiger partial charge on any atom is -0.377 e. The number of hydrogen-bond donors (Lipinski definition) is 0. The Morgan fingerprint density at radius 2 is 0.744 bits per heavy atom. The molecule has 2 aliphatic heterocycles. The van der Waals surface area contributed by atoms with E-state index in [2.05, 4.69) is 27.7 Å². The molecule has 4 aliphatic carbocycles. The van der Waals surface area contributed by atoms with Crippen LogP contribution in [0.5, 0.6) is 0 Å². The van der Waals surface area contributed by atoms with Crippen molar-refractivity contribution in [2.45, 2.75) is 205 Å². The SMILES string of the molecule is CCC(C)(CCC(OC(CCC(C)(CC)C1CCO1)(C1CCCC1)C1CCCC1)(C1CCCC1)C1CCCC1)C1CCO1. The average molecular weight is 599 g/mol. The lowest BCUT2D eigenvalue weighted by Gasteiger charge is -2.57. The minimum atomic E-state index is 0.0634. The van der Waals surface area contributed by atoms with Crippen molar-refractivity contribution in [1.29, 1.82) is 0 Å². The summed E-state index contributed by atoms with van der Waals surface area (Å²) >= 11 is 0. The van der Waals surface area contributed by atoms with Gasteiger partial charge >= 0.3 is 0 Å². The Bertz CT molecular complexity index is 751. The van der Waals surface area contributed by atoms with Crippen LogP contribution < -0.4 is 0 Å². The van der Waals surface area contributed by atoms with E-state index < -0.39 is 0 Å². The molecule has 3 nitrogen and oxygen atoms in total. The lowest BCUT2D eigenvalue weighted by atomic mass is 9.63. The maximum atomic E-state index is 8.62. The molecular formula is C40H70O3. The van der Waals surface area contributed by atoms with E-state index in [4.69, 9.17) is 14.2 Å². The molecule has 6 aliphatic rings. The second-order valence-corrected chi connectivity index (χ2v) is 17.2. The van der Waals surface area contributed by atoms with E-state index >= 15 is 0 Å². The Balaban J connectivity index is 1.39. The molecule has 0 bridgehead atoms. The predicted octanol–water partition coefficient (Wildman–Crippen LogP) is 11.2. The molecule has 3 heteroatoms. The normalized spacial score (nSPS) is 31.3. The topological polar surface area (TPSA) is 27.7 Å². The third-order valence-electron chi connectivity index (χ3n) is 15.3. The van der Waals surface area contributed by atoms with Gasteiger partial charge in [0.05, 0.1) is 23.4 Å². The van der Waals surface area contributed by atoms with Crippen molar-refractivity contribution in [2.24, 2.45) is 34.5 Å². The summed E-state index contributed by atoms with van der Waals surface area (Å²) < 4.78 is 21.1. The molecule has 0 aromatic heterocycles. The lowest BCUT2D eigenvalue weighted by Crippen LogP contribution is -2.59. The summed E-state index contributed by atoms with van der Waals surface area (Å²) in [5.74, 6) is 3.03. The van der Waals surface area contributed by atoms with E-state index in [1.807, 2.05) is 0 Å². The van der Waals surface area contributed by atoms with Crippen LogP contribution in [0.3, 0.4) is 0 Å². The molecule has 0 spiro atoms. The smallest absolute Gasteiger partial charge is 0.0746 e. The maximum Gasteiger partial charge on any atom is 0.0746 e. The Hall–Kier alpha value is -0.120. The Morgan fingerprint density at radius 3 is 0.953 bits per heavy atom. The molecule has 2 heterocycles. The van der Waals surface area contributed by atoms with Crippen molar-refractivity contribution in [3.05, 3.63) is 0 Å². The zero-order chi connectivity index (χ0) is 30.0. The Kier molecular flexibility index (Phi) is 10.6. The van der Waals surface area contributed by atoms with Crippen LogP contribution in [0.25, 0.3) is 0 Å². The van der Waals surface area contributed by atoms with E-state index in [9.17, 15) is 0 Å². The van der Waals surface area contributed by atoms with E-state index in [0.717, 1.165) is 36.9 Å². The highest BCUT2D eigenvalue weighted by Gasteiger charge is 2.58. The fraction of sp³-hybridized carbons (Fsp3) is 1.00. The fourth-order valence-corrected chi connectivity index (χ4v) is 11.6. The van der Waals surface area contributed by atoms with Gasteiger partial charge in [0.15, 0.2) is 0 Å². The third-order valence-corrected chi connectivity index (χ3v) is 15.3. The first kappa shape index (κ1) is 32.8. The summed E-state index contributed by atoms with van der Waals surface area (Å²) in [5.41, 5.74) is 0.702. The molecule has 0 aromatic rings. The largest absolute Gasteiger partial charge is 0.377 e. The van der Waals surface area contributed by atoms with Crippen LogP contribution in [0.1, 0.15) is 182 Å². The fourth-order valence-electron chi connectivity index (χ4n) is 11.6. The zero-order valence-electron chi connectivity index (χ0n) is 29.1. The molecule has 4 saturated carbocycles. The van der Waals surface area contributed by atoms with Gasteiger partial charge in [0, 0.05) is 13.2 Å². The van der Waals surface area contributed by atoms with Crippen LogP contribution in [0.4, 0.5) is 0 Å². The Labute approximate surface area is 266 Å². The van der Waals surface area contributed by atoms with E-state index in [1.165, 1.54) is 154 Å². The summed E-state index contributed by atoms with van der Waals surface area (Å²) in [6, 6.07) is 0. The van der Waals surface area contributed by atoms with Gasteiger partial charge in [-0.3, -0.25) is 0 Å². The van der Waals surface area contributed by atoms with Crippen LogP contribution in [0.15, 0.2) is 0 Å². The standard InChI is InChI=1S/C40H70O3/c1-5-37(3,35-23-29-41-35)25-27-39(31-15-7-8-16-31,32-17-9-10-18-32)43-40(33-19-11-12-20-33,34-21-13-14-22-34)28-26-38(4,6-2)36-24-30-42-36/h31-36H,5-30H2,1-4H3. The van der Waals surface area contributed by atoms with Gasteiger partial charge in [-0.05, 0) is 137 Å². The van der Waals surface area contributed by atoms with E-state index in [-0.39, 0.29) is 22.0 Å². The van der Waals surface area contributed by atoms with Crippen LogP contribution in [0.2, 0.25) is 0 Å². The van der Waals surface area contributed by atoms with E-state index in [0.29, 0.717) is 12.2 Å². The van der Waals surface area contributed by atoms with Crippen molar-refractivity contribution in [2.75, 3.05) is 13.2 Å². The van der Waals surface area contributed by atoms with Crippen LogP contribution >= 0.6 is 0 Å². The summed E-state index contributed by atoms with van der Waals surface area (Å²) in [5, 5.41) is 0. The molecule has 4 atom stereocenters. The van der Waals surface area contributed by atoms with Gasteiger partial charge in [-0.1, -0.05) is 79.1 Å². The zero-order valence-corrected chi connectivity index (χ0v) is 29.1. The molecule has 0 radical (unpaired) electrons. The van der Waals surface area contributed by atoms with Gasteiger partial charge in [0.2, 0.25) is 0 Å². The predicted molar refractivity (Wildman–Crippen MR) is 178 cm³/mol. The van der Waals surface area contributed by atoms with Crippen molar-refractivity contribution < 1.29 is 14.2 Å². The molecule has 2 saturated heterocycles. The lowest BCUT2D eigenvalue weighted by molar-refractivity contribution is -0.259. The van der Waals surface area contributed by atoms with Gasteiger partial charge in [-0.25, -0.2) is 0 Å². The molecule has 248 valence electrons. The first-order valence-electron chi connectivity index (χ1n) is 19.8. The van der Waals surface area contributed by atoms with Crippen molar-refractivity contribution in [3.63, 3.8) is 0 Å². The summed E-state index contributed by atoms with van der Waals surface area (Å²) in [7, 11) is 0. The summed E-state index contributed by atoms with van der Waals surface area (Å²) in [6.45, 7) is 11.9. The van der Waals surface area contributed by atoms with E-state index in [1.54, 1.807) is 0 Å². The minimum absolute atomic E-state index is 0.0634. The molecular weight excluding hydrogens is 528 g/mol. The summed E-state index contributed by atoms with van der Waals surface area (Å²) in [6.07, 6.45) is 33.7. The molecule has 0 aromatic carbocycles. The maximum absolute atomic E-state index is 8.62. The molecule has 43 heavy (non-hydrogen) atoms. The quantitative estimate of drug-likeness (QED) is 0.177. The highest BCUT2D eigenvalue weighted by molar-refractivity contribution is 5.07. The second kappa shape index (κ2) is 13.9. The molecule has 4 unspecified atom stereocenters. The van der Waals surface area contributed by atoms with Gasteiger partial charge in [0.1, 0.15) is 0 Å². The number of rotatable bonds is 16. The molecule has 0 N–H and O–H groups in total. The summed E-state index contributed by atoms with van der Waals surface area (Å²) in [4.78, 5) is 0. The first-order chi connectivity index (χ1) is 20.9. The second-order valence-electron chi connectivity index (χ2n) is 17.2. The number of ether oxygens (including phenoxy) is 3. The Morgan fingerprint density at radius 1 is 0.465 bits per heavy atom. The van der Waals surface area contributed by atoms with Crippen molar-refractivity contribution >= 4 is 0 Å². The third kappa shape index (κ3) is 6.42. The van der Waals surface area contributed by atoms with Gasteiger partial charge in [0.25, 0.3) is 0 Å². The van der Waals surface area contributed by atoms with Crippen molar-refractivity contribution in [3.8, 4) is 0 Å². The van der Waals surface area contributed by atoms with Crippen molar-refractivity contribution in [1.82, 2.24) is 0 Å². The first-order valence-corrected chi connectivity index (χ1v) is 19.8. The van der Waals surface area contributed by atoms with Gasteiger partial charge in [-0.15, -0.1) is 0 Å². The molecule has 6 fully saturated rings. The monoisotopic (exact) mass is 599 g/mol. The highest BCUT2D eigenvalue weighted by Crippen LogP contribution is 2.59. The average Bonchev–Trinajstić information content (AvgIpc) is 3.78. The van der Waals surface area contributed by atoms with Crippen LogP contribution in [0, 0.1) is 34.5 Å². The van der Waals surface area contributed by atoms with Crippen LogP contribution in [-0.2, 0) is 14.2 Å². The highest BCUT2D eigenvalue weighted by atomic mass is 16.5.